The molecular weight excluding hydrogens is 410 g/mol. The monoisotopic (exact) mass is 443 g/mol. The molecule has 3 rings (SSSR count). The molecule has 1 aliphatic rings. The first-order chi connectivity index (χ1) is 14.9. The van der Waals surface area contributed by atoms with Crippen molar-refractivity contribution in [3.8, 4) is 0 Å². The fourth-order valence-electron chi connectivity index (χ4n) is 3.76. The van der Waals surface area contributed by atoms with Gasteiger partial charge in [-0.25, -0.2) is 0 Å². The lowest BCUT2D eigenvalue weighted by Crippen LogP contribution is -2.36. The number of carbonyl (C=O) groups excluding carboxylic acids is 2. The minimum atomic E-state index is -0.281. The van der Waals surface area contributed by atoms with Crippen LogP contribution in [-0.4, -0.2) is 53.1 Å². The van der Waals surface area contributed by atoms with E-state index in [2.05, 4.69) is 46.5 Å². The molecule has 2 amide bonds. The van der Waals surface area contributed by atoms with Gasteiger partial charge in [0.25, 0.3) is 11.8 Å². The van der Waals surface area contributed by atoms with Crippen molar-refractivity contribution < 1.29 is 9.59 Å². The Morgan fingerprint density at radius 1 is 1.19 bits per heavy atom. The number of rotatable bonds is 9. The largest absolute Gasteiger partial charge is 0.352 e. The number of hydrogen-bond acceptors (Lipinski definition) is 6. The second kappa shape index (κ2) is 11.3. The summed E-state index contributed by atoms with van der Waals surface area (Å²) in [7, 11) is 0. The molecule has 2 heterocycles. The molecular formula is C23H33N5O2S. The number of nitrogens with zero attached hydrogens (tertiary/aromatic N) is 3. The number of piperidine rings is 1. The van der Waals surface area contributed by atoms with Crippen molar-refractivity contribution in [2.75, 3.05) is 31.5 Å². The average molecular weight is 444 g/mol. The minimum Gasteiger partial charge on any atom is -0.352 e. The van der Waals surface area contributed by atoms with Crippen molar-refractivity contribution >= 4 is 28.8 Å². The van der Waals surface area contributed by atoms with E-state index in [1.54, 1.807) is 24.3 Å². The Bertz CT molecular complexity index is 865. The zero-order valence-electron chi connectivity index (χ0n) is 18.7. The fraction of sp³-hybridized carbons (Fsp3) is 0.565. The van der Waals surface area contributed by atoms with Gasteiger partial charge in [-0.05, 0) is 68.5 Å². The second-order valence-corrected chi connectivity index (χ2v) is 9.85. The van der Waals surface area contributed by atoms with Gasteiger partial charge in [-0.1, -0.05) is 32.1 Å². The Balaban J connectivity index is 1.42. The standard InChI is InChI=1S/C23H33N5O2S/c1-16(2)14-20-26-27-23(31-20)22(30)25-19-9-7-18(8-10-19)21(29)24-11-5-13-28-12-4-6-17(3)15-28/h7-10,16-17H,4-6,11-15H2,1-3H3,(H,24,29)(H,25,30). The van der Waals surface area contributed by atoms with Crippen LogP contribution >= 0.6 is 11.3 Å². The summed E-state index contributed by atoms with van der Waals surface area (Å²) in [5, 5.41) is 15.1. The average Bonchev–Trinajstić information content (AvgIpc) is 3.19. The second-order valence-electron chi connectivity index (χ2n) is 8.79. The summed E-state index contributed by atoms with van der Waals surface area (Å²) < 4.78 is 0. The van der Waals surface area contributed by atoms with Gasteiger partial charge in [0.1, 0.15) is 5.01 Å². The molecule has 1 atom stereocenters. The van der Waals surface area contributed by atoms with Crippen LogP contribution in [0, 0.1) is 11.8 Å². The molecule has 1 fully saturated rings. The van der Waals surface area contributed by atoms with Gasteiger partial charge < -0.3 is 15.5 Å². The summed E-state index contributed by atoms with van der Waals surface area (Å²) in [4.78, 5) is 27.2. The first kappa shape index (κ1) is 23.3. The molecule has 2 aromatic rings. The van der Waals surface area contributed by atoms with Gasteiger partial charge in [0.05, 0.1) is 0 Å². The summed E-state index contributed by atoms with van der Waals surface area (Å²) in [5.74, 6) is 0.872. The van der Waals surface area contributed by atoms with Gasteiger partial charge in [-0.3, -0.25) is 9.59 Å². The summed E-state index contributed by atoms with van der Waals surface area (Å²) in [6.07, 6.45) is 4.36. The van der Waals surface area contributed by atoms with Crippen molar-refractivity contribution in [3.63, 3.8) is 0 Å². The molecule has 1 aliphatic heterocycles. The smallest absolute Gasteiger partial charge is 0.286 e. The van der Waals surface area contributed by atoms with Crippen molar-refractivity contribution in [1.82, 2.24) is 20.4 Å². The van der Waals surface area contributed by atoms with E-state index in [9.17, 15) is 9.59 Å². The molecule has 1 saturated heterocycles. The highest BCUT2D eigenvalue weighted by atomic mass is 32.1. The summed E-state index contributed by atoms with van der Waals surface area (Å²) in [6.45, 7) is 10.5. The Kier molecular flexibility index (Phi) is 8.54. The molecule has 0 radical (unpaired) electrons. The first-order valence-corrected chi connectivity index (χ1v) is 12.0. The van der Waals surface area contributed by atoms with Gasteiger partial charge in [0.15, 0.2) is 0 Å². The molecule has 1 aromatic heterocycles. The summed E-state index contributed by atoms with van der Waals surface area (Å²) in [6, 6.07) is 6.92. The van der Waals surface area contributed by atoms with Crippen molar-refractivity contribution in [3.05, 3.63) is 39.8 Å². The van der Waals surface area contributed by atoms with Gasteiger partial charge in [0, 0.05) is 30.8 Å². The number of amides is 2. The number of nitrogens with one attached hydrogen (secondary N) is 2. The first-order valence-electron chi connectivity index (χ1n) is 11.1. The van der Waals surface area contributed by atoms with Crippen LogP contribution < -0.4 is 10.6 Å². The quantitative estimate of drug-likeness (QED) is 0.575. The fourth-order valence-corrected chi connectivity index (χ4v) is 4.71. The van der Waals surface area contributed by atoms with Crippen LogP contribution in [0.4, 0.5) is 5.69 Å². The lowest BCUT2D eigenvalue weighted by Gasteiger charge is -2.30. The maximum atomic E-state index is 12.4. The number of likely N-dealkylation sites (tertiary alicyclic amines) is 1. The van der Waals surface area contributed by atoms with E-state index in [1.165, 1.54) is 30.7 Å². The van der Waals surface area contributed by atoms with Gasteiger partial charge >= 0.3 is 0 Å². The van der Waals surface area contributed by atoms with E-state index in [4.69, 9.17) is 0 Å². The van der Waals surface area contributed by atoms with Crippen LogP contribution in [0.25, 0.3) is 0 Å². The molecule has 168 valence electrons. The normalized spacial score (nSPS) is 17.0. The predicted octanol–water partition coefficient (Wildman–Crippen LogP) is 3.84. The highest BCUT2D eigenvalue weighted by Gasteiger charge is 2.16. The third-order valence-electron chi connectivity index (χ3n) is 5.33. The van der Waals surface area contributed by atoms with E-state index < -0.39 is 0 Å². The number of anilines is 1. The molecule has 1 unspecified atom stereocenters. The van der Waals surface area contributed by atoms with E-state index >= 15 is 0 Å². The highest BCUT2D eigenvalue weighted by molar-refractivity contribution is 7.13. The Hall–Kier alpha value is -2.32. The van der Waals surface area contributed by atoms with Crippen LogP contribution in [0.1, 0.15) is 65.2 Å². The molecule has 0 saturated carbocycles. The molecule has 1 aromatic carbocycles. The predicted molar refractivity (Wildman–Crippen MR) is 125 cm³/mol. The molecule has 0 spiro atoms. The Morgan fingerprint density at radius 3 is 2.68 bits per heavy atom. The molecule has 31 heavy (non-hydrogen) atoms. The third kappa shape index (κ3) is 7.40. The minimum absolute atomic E-state index is 0.0904. The molecule has 2 N–H and O–H groups in total. The van der Waals surface area contributed by atoms with Gasteiger partial charge in [0.2, 0.25) is 5.01 Å². The van der Waals surface area contributed by atoms with Crippen molar-refractivity contribution in [2.24, 2.45) is 11.8 Å². The van der Waals surface area contributed by atoms with E-state index in [0.29, 0.717) is 28.7 Å². The number of benzene rings is 1. The summed E-state index contributed by atoms with van der Waals surface area (Å²) in [5.41, 5.74) is 1.21. The Labute approximate surface area is 188 Å². The Morgan fingerprint density at radius 2 is 1.97 bits per heavy atom. The van der Waals surface area contributed by atoms with Crippen LogP contribution in [0.5, 0.6) is 0 Å². The SMILES string of the molecule is CC(C)Cc1nnc(C(=O)Nc2ccc(C(=O)NCCCN3CCCC(C)C3)cc2)s1. The topological polar surface area (TPSA) is 87.2 Å². The number of hydrogen-bond donors (Lipinski definition) is 2. The molecule has 0 bridgehead atoms. The number of aromatic nitrogens is 2. The van der Waals surface area contributed by atoms with E-state index in [0.717, 1.165) is 36.9 Å². The third-order valence-corrected chi connectivity index (χ3v) is 6.27. The molecule has 7 nitrogen and oxygen atoms in total. The van der Waals surface area contributed by atoms with Gasteiger partial charge in [-0.2, -0.15) is 0 Å². The van der Waals surface area contributed by atoms with Crippen molar-refractivity contribution in [1.29, 1.82) is 0 Å². The molecule has 0 aliphatic carbocycles. The van der Waals surface area contributed by atoms with Crippen LogP contribution in [0.2, 0.25) is 0 Å². The van der Waals surface area contributed by atoms with Crippen LogP contribution in [-0.2, 0) is 6.42 Å². The maximum Gasteiger partial charge on any atom is 0.286 e. The van der Waals surface area contributed by atoms with E-state index in [-0.39, 0.29) is 11.8 Å². The van der Waals surface area contributed by atoms with E-state index in [1.807, 2.05) is 0 Å². The lowest BCUT2D eigenvalue weighted by atomic mass is 10.0. The van der Waals surface area contributed by atoms with Gasteiger partial charge in [-0.15, -0.1) is 10.2 Å². The zero-order chi connectivity index (χ0) is 22.2. The summed E-state index contributed by atoms with van der Waals surface area (Å²) >= 11 is 1.32. The van der Waals surface area contributed by atoms with Crippen molar-refractivity contribution in [2.45, 2.75) is 46.5 Å². The zero-order valence-corrected chi connectivity index (χ0v) is 19.5. The number of carbonyl (C=O) groups is 2. The van der Waals surface area contributed by atoms with Crippen LogP contribution in [0.15, 0.2) is 24.3 Å². The van der Waals surface area contributed by atoms with Crippen LogP contribution in [0.3, 0.4) is 0 Å². The lowest BCUT2D eigenvalue weighted by molar-refractivity contribution is 0.0949. The molecule has 8 heteroatoms. The maximum absolute atomic E-state index is 12.4. The highest BCUT2D eigenvalue weighted by Crippen LogP contribution is 2.17.